The van der Waals surface area contributed by atoms with Gasteiger partial charge in [0.15, 0.2) is 6.10 Å². The van der Waals surface area contributed by atoms with Crippen molar-refractivity contribution < 1.29 is 9.53 Å². The fourth-order valence-electron chi connectivity index (χ4n) is 2.56. The summed E-state index contributed by atoms with van der Waals surface area (Å²) < 4.78 is 5.68. The fraction of sp³-hybridized carbons (Fsp3) is 0.190. The van der Waals surface area contributed by atoms with Gasteiger partial charge in [-0.1, -0.05) is 54.1 Å². The number of carbonyl (C=O) groups excluding carboxylic acids is 1. The van der Waals surface area contributed by atoms with Crippen molar-refractivity contribution in [2.45, 2.75) is 26.5 Å². The number of hydrogen-bond acceptors (Lipinski definition) is 2. The molecule has 1 amide bonds. The molecule has 0 spiro atoms. The maximum atomic E-state index is 12.2. The van der Waals surface area contributed by atoms with Crippen LogP contribution < -0.4 is 10.1 Å². The molecular weight excluding hydrogens is 298 g/mol. The average molecular weight is 319 g/mol. The van der Waals surface area contributed by atoms with Crippen molar-refractivity contribution in [3.05, 3.63) is 77.9 Å². The lowest BCUT2D eigenvalue weighted by molar-refractivity contribution is -0.127. The third kappa shape index (κ3) is 3.93. The van der Waals surface area contributed by atoms with Gasteiger partial charge < -0.3 is 10.1 Å². The summed E-state index contributed by atoms with van der Waals surface area (Å²) in [5.41, 5.74) is 2.24. The summed E-state index contributed by atoms with van der Waals surface area (Å²) in [5.74, 6) is 0.581. The van der Waals surface area contributed by atoms with E-state index >= 15 is 0 Å². The molecule has 1 unspecified atom stereocenters. The lowest BCUT2D eigenvalue weighted by Gasteiger charge is -2.15. The van der Waals surface area contributed by atoms with Gasteiger partial charge in [-0.2, -0.15) is 0 Å². The molecule has 0 fully saturated rings. The van der Waals surface area contributed by atoms with Crippen LogP contribution in [0.15, 0.2) is 66.7 Å². The lowest BCUT2D eigenvalue weighted by atomic mass is 10.1. The van der Waals surface area contributed by atoms with Gasteiger partial charge >= 0.3 is 0 Å². The Hall–Kier alpha value is -2.81. The van der Waals surface area contributed by atoms with Gasteiger partial charge in [-0.3, -0.25) is 4.79 Å². The van der Waals surface area contributed by atoms with Crippen molar-refractivity contribution >= 4 is 16.7 Å². The van der Waals surface area contributed by atoms with Crippen LogP contribution in [0.1, 0.15) is 18.1 Å². The highest BCUT2D eigenvalue weighted by Crippen LogP contribution is 2.16. The van der Waals surface area contributed by atoms with E-state index in [0.717, 1.165) is 11.1 Å². The van der Waals surface area contributed by atoms with E-state index in [1.54, 1.807) is 6.92 Å². The van der Waals surface area contributed by atoms with Crippen LogP contribution >= 0.6 is 0 Å². The Labute approximate surface area is 142 Å². The Balaban J connectivity index is 1.58. The number of rotatable bonds is 5. The maximum Gasteiger partial charge on any atom is 0.261 e. The summed E-state index contributed by atoms with van der Waals surface area (Å²) in [5, 5.41) is 5.30. The summed E-state index contributed by atoms with van der Waals surface area (Å²) in [6.07, 6.45) is -0.534. The Morgan fingerprint density at radius 1 is 1.00 bits per heavy atom. The van der Waals surface area contributed by atoms with Gasteiger partial charge in [0, 0.05) is 6.54 Å². The van der Waals surface area contributed by atoms with Crippen molar-refractivity contribution in [1.29, 1.82) is 0 Å². The minimum Gasteiger partial charge on any atom is -0.481 e. The van der Waals surface area contributed by atoms with Gasteiger partial charge in [0.2, 0.25) is 0 Å². The van der Waals surface area contributed by atoms with Gasteiger partial charge in [-0.15, -0.1) is 0 Å². The number of carbonyl (C=O) groups is 1. The summed E-state index contributed by atoms with van der Waals surface area (Å²) in [6, 6.07) is 22.1. The minimum atomic E-state index is -0.534. The molecule has 0 radical (unpaired) electrons. The largest absolute Gasteiger partial charge is 0.481 e. The predicted molar refractivity (Wildman–Crippen MR) is 97.1 cm³/mol. The third-order valence-corrected chi connectivity index (χ3v) is 3.98. The van der Waals surface area contributed by atoms with Crippen LogP contribution in [0.25, 0.3) is 10.8 Å². The standard InChI is InChI=1S/C21H21NO2/c1-15-7-11-20(12-8-15)24-16(2)21(23)22-14-17-9-10-18-5-3-4-6-19(18)13-17/h3-13,16H,14H2,1-2H3,(H,22,23). The highest BCUT2D eigenvalue weighted by Gasteiger charge is 2.14. The molecule has 3 aromatic rings. The molecule has 0 saturated carbocycles. The van der Waals surface area contributed by atoms with Crippen LogP contribution in [0.2, 0.25) is 0 Å². The molecular formula is C21H21NO2. The summed E-state index contributed by atoms with van der Waals surface area (Å²) in [4.78, 5) is 12.2. The number of ether oxygens (including phenoxy) is 1. The van der Waals surface area contributed by atoms with Crippen LogP contribution in [-0.2, 0) is 11.3 Å². The Morgan fingerprint density at radius 2 is 1.71 bits per heavy atom. The molecule has 1 N–H and O–H groups in total. The normalized spacial score (nSPS) is 11.9. The zero-order valence-electron chi connectivity index (χ0n) is 14.0. The second-order valence-electron chi connectivity index (χ2n) is 5.97. The van der Waals surface area contributed by atoms with Gasteiger partial charge in [0.05, 0.1) is 0 Å². The van der Waals surface area contributed by atoms with Gasteiger partial charge in [-0.05, 0) is 48.4 Å². The third-order valence-electron chi connectivity index (χ3n) is 3.98. The predicted octanol–water partition coefficient (Wildman–Crippen LogP) is 4.23. The SMILES string of the molecule is Cc1ccc(OC(C)C(=O)NCc2ccc3ccccc3c2)cc1. The molecule has 3 rings (SSSR count). The monoisotopic (exact) mass is 319 g/mol. The molecule has 3 aromatic carbocycles. The topological polar surface area (TPSA) is 38.3 Å². The molecule has 3 heteroatoms. The molecule has 122 valence electrons. The van der Waals surface area contributed by atoms with E-state index < -0.39 is 6.10 Å². The minimum absolute atomic E-state index is 0.122. The average Bonchev–Trinajstić information content (AvgIpc) is 2.61. The highest BCUT2D eigenvalue weighted by molar-refractivity contribution is 5.83. The summed E-state index contributed by atoms with van der Waals surface area (Å²) >= 11 is 0. The number of nitrogens with one attached hydrogen (secondary N) is 1. The van der Waals surface area contributed by atoms with Crippen molar-refractivity contribution in [1.82, 2.24) is 5.32 Å². The van der Waals surface area contributed by atoms with E-state index in [2.05, 4.69) is 29.6 Å². The number of amides is 1. The maximum absolute atomic E-state index is 12.2. The first-order valence-corrected chi connectivity index (χ1v) is 8.10. The zero-order valence-corrected chi connectivity index (χ0v) is 14.0. The van der Waals surface area contributed by atoms with E-state index in [9.17, 15) is 4.79 Å². The second kappa shape index (κ2) is 7.18. The second-order valence-corrected chi connectivity index (χ2v) is 5.97. The Kier molecular flexibility index (Phi) is 4.80. The fourth-order valence-corrected chi connectivity index (χ4v) is 2.56. The molecule has 0 aliphatic carbocycles. The van der Waals surface area contributed by atoms with E-state index in [4.69, 9.17) is 4.74 Å². The van der Waals surface area contributed by atoms with Crippen LogP contribution in [0.4, 0.5) is 0 Å². The first-order valence-electron chi connectivity index (χ1n) is 8.10. The molecule has 0 heterocycles. The van der Waals surface area contributed by atoms with E-state index in [-0.39, 0.29) is 5.91 Å². The summed E-state index contributed by atoms with van der Waals surface area (Å²) in [7, 11) is 0. The van der Waals surface area contributed by atoms with Crippen molar-refractivity contribution in [2.75, 3.05) is 0 Å². The number of benzene rings is 3. The molecule has 24 heavy (non-hydrogen) atoms. The smallest absolute Gasteiger partial charge is 0.261 e. The number of aryl methyl sites for hydroxylation is 1. The highest BCUT2D eigenvalue weighted by atomic mass is 16.5. The quantitative estimate of drug-likeness (QED) is 0.764. The Morgan fingerprint density at radius 3 is 2.46 bits per heavy atom. The number of hydrogen-bond donors (Lipinski definition) is 1. The van der Waals surface area contributed by atoms with E-state index in [1.807, 2.05) is 49.4 Å². The van der Waals surface area contributed by atoms with Crippen LogP contribution in [-0.4, -0.2) is 12.0 Å². The van der Waals surface area contributed by atoms with Gasteiger partial charge in [0.1, 0.15) is 5.75 Å². The molecule has 0 aliphatic rings. The van der Waals surface area contributed by atoms with Crippen LogP contribution in [0.3, 0.4) is 0 Å². The first-order chi connectivity index (χ1) is 11.6. The van der Waals surface area contributed by atoms with Gasteiger partial charge in [0.25, 0.3) is 5.91 Å². The molecule has 1 atom stereocenters. The Bertz CT molecular complexity index is 840. The van der Waals surface area contributed by atoms with Gasteiger partial charge in [-0.25, -0.2) is 0 Å². The van der Waals surface area contributed by atoms with E-state index in [1.165, 1.54) is 10.8 Å². The molecule has 0 saturated heterocycles. The molecule has 0 bridgehead atoms. The molecule has 0 aromatic heterocycles. The van der Waals surface area contributed by atoms with Crippen LogP contribution in [0.5, 0.6) is 5.75 Å². The summed E-state index contributed by atoms with van der Waals surface area (Å²) in [6.45, 7) is 4.27. The van der Waals surface area contributed by atoms with Crippen molar-refractivity contribution in [3.8, 4) is 5.75 Å². The zero-order chi connectivity index (χ0) is 16.9. The van der Waals surface area contributed by atoms with Crippen molar-refractivity contribution in [2.24, 2.45) is 0 Å². The molecule has 3 nitrogen and oxygen atoms in total. The number of fused-ring (bicyclic) bond motifs is 1. The van der Waals surface area contributed by atoms with Crippen molar-refractivity contribution in [3.63, 3.8) is 0 Å². The van der Waals surface area contributed by atoms with E-state index in [0.29, 0.717) is 12.3 Å². The van der Waals surface area contributed by atoms with Crippen LogP contribution in [0, 0.1) is 6.92 Å². The first kappa shape index (κ1) is 16.1. The lowest BCUT2D eigenvalue weighted by Crippen LogP contribution is -2.35. The molecule has 0 aliphatic heterocycles.